The van der Waals surface area contributed by atoms with Gasteiger partial charge in [-0.25, -0.2) is 16.4 Å². The second kappa shape index (κ2) is 9.68. The number of hydrazone groups is 1. The molecule has 8 N–H and O–H groups in total. The van der Waals surface area contributed by atoms with E-state index in [0.717, 1.165) is 11.9 Å². The molecule has 2 aromatic rings. The number of anilines is 1. The van der Waals surface area contributed by atoms with E-state index in [2.05, 4.69) is 10.1 Å². The van der Waals surface area contributed by atoms with E-state index in [-0.39, 0.29) is 12.3 Å². The van der Waals surface area contributed by atoms with Crippen LogP contribution in [0.4, 0.5) is 5.13 Å². The zero-order valence-electron chi connectivity index (χ0n) is 13.8. The molecule has 1 aromatic carbocycles. The predicted molar refractivity (Wildman–Crippen MR) is 98.4 cm³/mol. The van der Waals surface area contributed by atoms with Gasteiger partial charge in [-0.3, -0.25) is 4.79 Å². The number of nitrogens with two attached hydrogens (primary N) is 3. The highest BCUT2D eigenvalue weighted by atomic mass is 32.1. The number of para-hydroxylation sites is 1. The minimum Gasteiger partial charge on any atom is -0.481 e. The number of aryl methyl sites for hydroxylation is 1. The molecule has 0 saturated carbocycles. The van der Waals surface area contributed by atoms with Gasteiger partial charge in [0.15, 0.2) is 5.13 Å². The minimum atomic E-state index is -0.850. The van der Waals surface area contributed by atoms with Gasteiger partial charge in [-0.1, -0.05) is 36.8 Å². The quantitative estimate of drug-likeness (QED) is 0.230. The number of aliphatic carboxylic acids is 1. The smallest absolute Gasteiger partial charge is 0.306 e. The summed E-state index contributed by atoms with van der Waals surface area (Å²) in [7, 11) is 0. The molecule has 2 rings (SSSR count). The van der Waals surface area contributed by atoms with Crippen LogP contribution in [-0.4, -0.2) is 21.9 Å². The number of rotatable bonds is 6. The first-order valence-corrected chi connectivity index (χ1v) is 8.32. The van der Waals surface area contributed by atoms with Crippen LogP contribution in [0, 0.1) is 12.8 Å². The maximum Gasteiger partial charge on any atom is 0.306 e. The summed E-state index contributed by atoms with van der Waals surface area (Å²) in [6, 6.07) is 6.10. The Labute approximate surface area is 144 Å². The zero-order chi connectivity index (χ0) is 18.1. The summed E-state index contributed by atoms with van der Waals surface area (Å²) >= 11 is 1.53. The third-order valence-electron chi connectivity index (χ3n) is 3.29. The van der Waals surface area contributed by atoms with Crippen molar-refractivity contribution in [2.24, 2.45) is 22.6 Å². The number of aromatic nitrogens is 1. The first-order chi connectivity index (χ1) is 11.4. The lowest BCUT2D eigenvalue weighted by atomic mass is 10.00. The summed E-state index contributed by atoms with van der Waals surface area (Å²) in [5.74, 6) is 3.78. The van der Waals surface area contributed by atoms with Crippen LogP contribution in [0.1, 0.15) is 31.7 Å². The molecule has 0 aliphatic rings. The minimum absolute atomic E-state index is 0.211. The number of nitrogens with one attached hydrogen (secondary N) is 1. The average molecular weight is 352 g/mol. The van der Waals surface area contributed by atoms with Crippen molar-refractivity contribution < 1.29 is 9.90 Å². The lowest BCUT2D eigenvalue weighted by molar-refractivity contribution is -0.141. The molecule has 8 nitrogen and oxygen atoms in total. The van der Waals surface area contributed by atoms with Crippen LogP contribution < -0.4 is 22.8 Å². The first-order valence-electron chi connectivity index (χ1n) is 7.51. The van der Waals surface area contributed by atoms with Crippen LogP contribution in [-0.2, 0) is 4.79 Å². The van der Waals surface area contributed by atoms with Crippen molar-refractivity contribution in [3.63, 3.8) is 0 Å². The Morgan fingerprint density at radius 3 is 2.75 bits per heavy atom. The van der Waals surface area contributed by atoms with E-state index in [1.807, 2.05) is 37.6 Å². The molecule has 0 fully saturated rings. The van der Waals surface area contributed by atoms with E-state index in [0.29, 0.717) is 11.6 Å². The van der Waals surface area contributed by atoms with Crippen LogP contribution in [0.15, 0.2) is 23.3 Å². The van der Waals surface area contributed by atoms with Gasteiger partial charge in [0.25, 0.3) is 0 Å². The number of hydrogen-bond acceptors (Lipinski definition) is 7. The highest BCUT2D eigenvalue weighted by Crippen LogP contribution is 2.25. The van der Waals surface area contributed by atoms with Crippen LogP contribution >= 0.6 is 11.3 Å². The molecular formula is C15H24N6O2S. The number of carboxylic acid groups (broad SMARTS) is 1. The summed E-state index contributed by atoms with van der Waals surface area (Å²) in [6.07, 6.45) is 1.63. The fourth-order valence-electron chi connectivity index (χ4n) is 2.15. The molecule has 1 aromatic heterocycles. The number of thiazole rings is 1. The van der Waals surface area contributed by atoms with Crippen molar-refractivity contribution >= 4 is 38.5 Å². The van der Waals surface area contributed by atoms with Crippen molar-refractivity contribution in [1.82, 2.24) is 10.5 Å². The average Bonchev–Trinajstić information content (AvgIpc) is 2.89. The van der Waals surface area contributed by atoms with Gasteiger partial charge in [0.1, 0.15) is 5.84 Å². The third kappa shape index (κ3) is 6.01. The Kier molecular flexibility index (Phi) is 7.93. The molecule has 1 atom stereocenters. The van der Waals surface area contributed by atoms with Crippen LogP contribution in [0.5, 0.6) is 0 Å². The molecule has 9 heteroatoms. The summed E-state index contributed by atoms with van der Waals surface area (Å²) in [5, 5.41) is 12.9. The van der Waals surface area contributed by atoms with Gasteiger partial charge in [0.05, 0.1) is 16.1 Å². The lowest BCUT2D eigenvalue weighted by Gasteiger charge is -2.09. The SMILES string of the molecule is CCCC(C/C(N)=N/NN)C(=O)O.Cc1cccc2sc(N)nc12. The van der Waals surface area contributed by atoms with Gasteiger partial charge in [-0.15, -0.1) is 0 Å². The number of nitrogen functional groups attached to an aromatic ring is 1. The Balaban J connectivity index is 0.000000242. The van der Waals surface area contributed by atoms with Crippen molar-refractivity contribution in [3.05, 3.63) is 23.8 Å². The summed E-state index contributed by atoms with van der Waals surface area (Å²) in [4.78, 5) is 14.9. The number of carboxylic acids is 1. The van der Waals surface area contributed by atoms with Gasteiger partial charge in [-0.05, 0) is 25.0 Å². The van der Waals surface area contributed by atoms with Crippen LogP contribution in [0.3, 0.4) is 0 Å². The molecule has 0 spiro atoms. The lowest BCUT2D eigenvalue weighted by Crippen LogP contribution is -2.27. The van der Waals surface area contributed by atoms with Gasteiger partial charge in [-0.2, -0.15) is 5.10 Å². The van der Waals surface area contributed by atoms with Crippen molar-refractivity contribution in [2.75, 3.05) is 5.73 Å². The highest BCUT2D eigenvalue weighted by molar-refractivity contribution is 7.22. The largest absolute Gasteiger partial charge is 0.481 e. The van der Waals surface area contributed by atoms with Crippen LogP contribution in [0.2, 0.25) is 0 Å². The number of carbonyl (C=O) groups is 1. The second-order valence-corrected chi connectivity index (χ2v) is 6.30. The number of fused-ring (bicyclic) bond motifs is 1. The normalized spacial score (nSPS) is 12.4. The molecule has 0 aliphatic heterocycles. The second-order valence-electron chi connectivity index (χ2n) is 5.23. The summed E-state index contributed by atoms with van der Waals surface area (Å²) in [5.41, 5.74) is 15.2. The van der Waals surface area contributed by atoms with Gasteiger partial charge in [0, 0.05) is 6.42 Å². The highest BCUT2D eigenvalue weighted by Gasteiger charge is 2.17. The molecule has 0 saturated heterocycles. The van der Waals surface area contributed by atoms with Crippen molar-refractivity contribution in [3.8, 4) is 0 Å². The van der Waals surface area contributed by atoms with E-state index in [9.17, 15) is 4.79 Å². The van der Waals surface area contributed by atoms with E-state index in [1.165, 1.54) is 21.6 Å². The van der Waals surface area contributed by atoms with Gasteiger partial charge >= 0.3 is 5.97 Å². The molecule has 0 radical (unpaired) electrons. The number of amidine groups is 1. The molecule has 0 aliphatic carbocycles. The van der Waals surface area contributed by atoms with E-state index >= 15 is 0 Å². The fraction of sp³-hybridized carbons (Fsp3) is 0.400. The van der Waals surface area contributed by atoms with Crippen molar-refractivity contribution in [2.45, 2.75) is 33.1 Å². The number of hydrogen-bond donors (Lipinski definition) is 5. The third-order valence-corrected chi connectivity index (χ3v) is 4.14. The Morgan fingerprint density at radius 1 is 1.50 bits per heavy atom. The molecule has 0 amide bonds. The zero-order valence-corrected chi connectivity index (χ0v) is 14.6. The van der Waals surface area contributed by atoms with Gasteiger partial charge in [0.2, 0.25) is 0 Å². The first kappa shape index (κ1) is 19.7. The fourth-order valence-corrected chi connectivity index (χ4v) is 2.96. The van der Waals surface area contributed by atoms with Crippen molar-refractivity contribution in [1.29, 1.82) is 0 Å². The standard InChI is InChI=1S/C8H8N2S.C7H16N4O2/c1-5-3-2-4-6-7(5)10-8(9)11-6;1-2-3-5(7(12)13)4-6(8)10-11-9/h2-4H,1H3,(H2,9,10);5,11H,2-4,9H2,1H3,(H2,8,10)(H,12,13). The maximum atomic E-state index is 10.7. The number of benzene rings is 1. The summed E-state index contributed by atoms with van der Waals surface area (Å²) in [6.45, 7) is 3.96. The Bertz CT molecular complexity index is 700. The van der Waals surface area contributed by atoms with E-state index < -0.39 is 11.9 Å². The maximum absolute atomic E-state index is 10.7. The Hall–Kier alpha value is -2.39. The topological polar surface area (TPSA) is 153 Å². The van der Waals surface area contributed by atoms with E-state index in [1.54, 1.807) is 0 Å². The molecule has 0 bridgehead atoms. The summed E-state index contributed by atoms with van der Waals surface area (Å²) < 4.78 is 1.17. The molecular weight excluding hydrogens is 328 g/mol. The Morgan fingerprint density at radius 2 is 2.21 bits per heavy atom. The molecule has 1 heterocycles. The van der Waals surface area contributed by atoms with Gasteiger partial charge < -0.3 is 16.6 Å². The molecule has 24 heavy (non-hydrogen) atoms. The monoisotopic (exact) mass is 352 g/mol. The number of nitrogens with zero attached hydrogens (tertiary/aromatic N) is 2. The molecule has 132 valence electrons. The molecule has 1 unspecified atom stereocenters. The number of hydrazine groups is 1. The van der Waals surface area contributed by atoms with E-state index in [4.69, 9.17) is 22.4 Å². The predicted octanol–water partition coefficient (Wildman–Crippen LogP) is 1.80. The van der Waals surface area contributed by atoms with Crippen LogP contribution in [0.25, 0.3) is 10.2 Å².